The van der Waals surface area contributed by atoms with Crippen LogP contribution in [0.15, 0.2) is 65.1 Å². The van der Waals surface area contributed by atoms with Gasteiger partial charge in [-0.05, 0) is 59.0 Å². The second-order valence-electron chi connectivity index (χ2n) is 8.45. The Hall–Kier alpha value is -2.74. The van der Waals surface area contributed by atoms with Gasteiger partial charge < -0.3 is 4.74 Å². The lowest BCUT2D eigenvalue weighted by molar-refractivity contribution is 0.0953. The SMILES string of the molecule is O=C(CSc1nnc(-c2cccs2)n1CC1CCCO1)c1ccc2c(c1)-c1ccccc1C2. The molecule has 166 valence electrons. The second kappa shape index (κ2) is 8.89. The van der Waals surface area contributed by atoms with E-state index in [0.29, 0.717) is 12.3 Å². The van der Waals surface area contributed by atoms with E-state index in [4.69, 9.17) is 4.74 Å². The summed E-state index contributed by atoms with van der Waals surface area (Å²) in [6.07, 6.45) is 3.24. The number of benzene rings is 2. The van der Waals surface area contributed by atoms with Crippen molar-refractivity contribution in [3.05, 3.63) is 76.7 Å². The molecule has 3 heterocycles. The van der Waals surface area contributed by atoms with Crippen LogP contribution in [0.1, 0.15) is 34.3 Å². The number of carbonyl (C=O) groups excluding carboxylic acids is 1. The van der Waals surface area contributed by atoms with Crippen molar-refractivity contribution >= 4 is 28.9 Å². The maximum Gasteiger partial charge on any atom is 0.192 e. The van der Waals surface area contributed by atoms with Crippen LogP contribution in [0.25, 0.3) is 21.8 Å². The van der Waals surface area contributed by atoms with E-state index in [0.717, 1.165) is 47.3 Å². The summed E-state index contributed by atoms with van der Waals surface area (Å²) in [5, 5.41) is 11.7. The predicted octanol–water partition coefficient (Wildman–Crippen LogP) is 5.73. The third-order valence-corrected chi connectivity index (χ3v) is 8.15. The summed E-state index contributed by atoms with van der Waals surface area (Å²) in [7, 11) is 0. The van der Waals surface area contributed by atoms with Crippen molar-refractivity contribution in [2.45, 2.75) is 37.1 Å². The number of carbonyl (C=O) groups is 1. The second-order valence-corrected chi connectivity index (χ2v) is 10.3. The molecule has 0 saturated carbocycles. The first-order valence-electron chi connectivity index (χ1n) is 11.2. The fraction of sp³-hybridized carbons (Fsp3) is 0.269. The standard InChI is InChI=1S/C26H23N3O2S2/c30-23(19-10-9-18-13-17-5-1-2-7-21(17)22(18)14-19)16-33-26-28-27-25(24-8-4-12-32-24)29(26)15-20-6-3-11-31-20/h1-2,4-5,7-10,12,14,20H,3,6,11,13,15-16H2. The lowest BCUT2D eigenvalue weighted by atomic mass is 10.0. The maximum atomic E-state index is 13.1. The van der Waals surface area contributed by atoms with E-state index < -0.39 is 0 Å². The van der Waals surface area contributed by atoms with Crippen LogP contribution in [0, 0.1) is 0 Å². The number of thiophene rings is 1. The fourth-order valence-electron chi connectivity index (χ4n) is 4.65. The first kappa shape index (κ1) is 20.8. The van der Waals surface area contributed by atoms with Gasteiger partial charge in [-0.25, -0.2) is 0 Å². The quantitative estimate of drug-likeness (QED) is 0.223. The number of hydrogen-bond acceptors (Lipinski definition) is 6. The summed E-state index contributed by atoms with van der Waals surface area (Å²) in [5.74, 6) is 1.29. The molecule has 2 aliphatic rings. The summed E-state index contributed by atoms with van der Waals surface area (Å²) >= 11 is 3.11. The molecule has 2 aromatic carbocycles. The number of rotatable bonds is 7. The Morgan fingerprint density at radius 3 is 2.85 bits per heavy atom. The fourth-order valence-corrected chi connectivity index (χ4v) is 6.21. The van der Waals surface area contributed by atoms with Gasteiger partial charge in [0.15, 0.2) is 16.8 Å². The number of aromatic nitrogens is 3. The zero-order chi connectivity index (χ0) is 22.2. The van der Waals surface area contributed by atoms with Crippen LogP contribution in [0.3, 0.4) is 0 Å². The minimum Gasteiger partial charge on any atom is -0.376 e. The van der Waals surface area contributed by atoms with Crippen molar-refractivity contribution in [1.82, 2.24) is 14.8 Å². The minimum atomic E-state index is 0.108. The van der Waals surface area contributed by atoms with Crippen molar-refractivity contribution in [1.29, 1.82) is 0 Å². The van der Waals surface area contributed by atoms with Crippen molar-refractivity contribution in [2.24, 2.45) is 0 Å². The highest BCUT2D eigenvalue weighted by molar-refractivity contribution is 7.99. The van der Waals surface area contributed by atoms with E-state index in [1.54, 1.807) is 11.3 Å². The summed E-state index contributed by atoms with van der Waals surface area (Å²) < 4.78 is 7.99. The number of Topliss-reactive ketones (excluding diaryl/α,β-unsaturated/α-hetero) is 1. The lowest BCUT2D eigenvalue weighted by Gasteiger charge is -2.14. The highest BCUT2D eigenvalue weighted by Crippen LogP contribution is 2.37. The molecule has 7 heteroatoms. The Morgan fingerprint density at radius 2 is 2.00 bits per heavy atom. The van der Waals surface area contributed by atoms with E-state index in [-0.39, 0.29) is 11.9 Å². The summed E-state index contributed by atoms with van der Waals surface area (Å²) in [4.78, 5) is 14.2. The number of hydrogen-bond donors (Lipinski definition) is 0. The van der Waals surface area contributed by atoms with Gasteiger partial charge in [-0.15, -0.1) is 21.5 Å². The van der Waals surface area contributed by atoms with Crippen LogP contribution in [0.4, 0.5) is 0 Å². The van der Waals surface area contributed by atoms with Crippen LogP contribution in [-0.2, 0) is 17.7 Å². The zero-order valence-electron chi connectivity index (χ0n) is 18.1. The van der Waals surface area contributed by atoms with E-state index in [1.807, 2.05) is 17.5 Å². The molecule has 1 saturated heterocycles. The maximum absolute atomic E-state index is 13.1. The number of ether oxygens (including phenoxy) is 1. The molecule has 2 aromatic heterocycles. The van der Waals surface area contributed by atoms with Crippen LogP contribution in [0.5, 0.6) is 0 Å². The summed E-state index contributed by atoms with van der Waals surface area (Å²) in [6, 6.07) is 18.6. The molecule has 33 heavy (non-hydrogen) atoms. The Bertz CT molecular complexity index is 1310. The average Bonchev–Trinajstić information content (AvgIpc) is 3.64. The first-order valence-corrected chi connectivity index (χ1v) is 13.1. The Balaban J connectivity index is 1.22. The topological polar surface area (TPSA) is 57.0 Å². The van der Waals surface area contributed by atoms with E-state index in [9.17, 15) is 4.79 Å². The van der Waals surface area contributed by atoms with E-state index in [1.165, 1.54) is 34.0 Å². The largest absolute Gasteiger partial charge is 0.376 e. The normalized spacial score (nSPS) is 16.7. The molecule has 0 amide bonds. The lowest BCUT2D eigenvalue weighted by Crippen LogP contribution is -2.17. The van der Waals surface area contributed by atoms with Crippen LogP contribution in [-0.4, -0.2) is 39.0 Å². The Kier molecular flexibility index (Phi) is 5.62. The van der Waals surface area contributed by atoms with Gasteiger partial charge in [-0.1, -0.05) is 54.2 Å². The van der Waals surface area contributed by atoms with Gasteiger partial charge in [0, 0.05) is 12.2 Å². The molecule has 4 aromatic rings. The van der Waals surface area contributed by atoms with Crippen molar-refractivity contribution in [3.8, 4) is 21.8 Å². The molecule has 0 spiro atoms. The highest BCUT2D eigenvalue weighted by atomic mass is 32.2. The highest BCUT2D eigenvalue weighted by Gasteiger charge is 2.23. The van der Waals surface area contributed by atoms with E-state index in [2.05, 4.69) is 57.2 Å². The smallest absolute Gasteiger partial charge is 0.192 e. The van der Waals surface area contributed by atoms with Crippen LogP contribution in [0.2, 0.25) is 0 Å². The van der Waals surface area contributed by atoms with Gasteiger partial charge in [-0.3, -0.25) is 9.36 Å². The zero-order valence-corrected chi connectivity index (χ0v) is 19.7. The monoisotopic (exact) mass is 473 g/mol. The third-order valence-electron chi connectivity index (χ3n) is 6.32. The van der Waals surface area contributed by atoms with Gasteiger partial charge in [0.2, 0.25) is 0 Å². The molecule has 0 N–H and O–H groups in total. The Labute approximate surface area is 200 Å². The molecular formula is C26H23N3O2S2. The van der Waals surface area contributed by atoms with Crippen molar-refractivity contribution in [2.75, 3.05) is 12.4 Å². The summed E-state index contributed by atoms with van der Waals surface area (Å²) in [6.45, 7) is 1.52. The number of thioether (sulfide) groups is 1. The molecular weight excluding hydrogens is 450 g/mol. The summed E-state index contributed by atoms with van der Waals surface area (Å²) in [5.41, 5.74) is 5.79. The molecule has 0 radical (unpaired) electrons. The minimum absolute atomic E-state index is 0.108. The number of ketones is 1. The van der Waals surface area contributed by atoms with Gasteiger partial charge in [0.1, 0.15) is 0 Å². The van der Waals surface area contributed by atoms with Gasteiger partial charge in [0.25, 0.3) is 0 Å². The molecule has 1 unspecified atom stereocenters. The van der Waals surface area contributed by atoms with E-state index >= 15 is 0 Å². The molecule has 1 aliphatic heterocycles. The molecule has 1 aliphatic carbocycles. The molecule has 0 bridgehead atoms. The molecule has 5 nitrogen and oxygen atoms in total. The van der Waals surface area contributed by atoms with Crippen LogP contribution < -0.4 is 0 Å². The van der Waals surface area contributed by atoms with Gasteiger partial charge >= 0.3 is 0 Å². The van der Waals surface area contributed by atoms with Crippen LogP contribution >= 0.6 is 23.1 Å². The third kappa shape index (κ3) is 4.05. The molecule has 6 rings (SSSR count). The first-order chi connectivity index (χ1) is 16.3. The number of nitrogens with zero attached hydrogens (tertiary/aromatic N) is 3. The van der Waals surface area contributed by atoms with Gasteiger partial charge in [-0.2, -0.15) is 0 Å². The predicted molar refractivity (Wildman–Crippen MR) is 132 cm³/mol. The number of fused-ring (bicyclic) bond motifs is 3. The molecule has 1 fully saturated rings. The molecule has 1 atom stereocenters. The Morgan fingerprint density at radius 1 is 1.09 bits per heavy atom. The average molecular weight is 474 g/mol. The van der Waals surface area contributed by atoms with Crippen molar-refractivity contribution in [3.63, 3.8) is 0 Å². The van der Waals surface area contributed by atoms with Crippen molar-refractivity contribution < 1.29 is 9.53 Å². The van der Waals surface area contributed by atoms with Gasteiger partial charge in [0.05, 0.1) is 23.3 Å².